The smallest absolute Gasteiger partial charge is 0.264 e. The third kappa shape index (κ3) is 6.61. The molecule has 0 spiro atoms. The zero-order valence-electron chi connectivity index (χ0n) is 21.1. The average Bonchev–Trinajstić information content (AvgIpc) is 2.90. The maximum Gasteiger partial charge on any atom is 0.264 e. The molecule has 0 aromatic heterocycles. The van der Waals surface area contributed by atoms with Crippen LogP contribution >= 0.6 is 11.6 Å². The van der Waals surface area contributed by atoms with E-state index in [-0.39, 0.29) is 23.0 Å². The predicted octanol–water partition coefficient (Wildman–Crippen LogP) is 4.02. The number of nitrogens with one attached hydrogen (secondary N) is 1. The van der Waals surface area contributed by atoms with E-state index in [4.69, 9.17) is 16.3 Å². The summed E-state index contributed by atoms with van der Waals surface area (Å²) in [7, 11) is -1.21. The summed E-state index contributed by atoms with van der Waals surface area (Å²) >= 11 is 6.17. The van der Waals surface area contributed by atoms with Gasteiger partial charge in [-0.2, -0.15) is 0 Å². The number of benzene rings is 3. The highest BCUT2D eigenvalue weighted by Gasteiger charge is 2.32. The Bertz CT molecular complexity index is 1360. The van der Waals surface area contributed by atoms with Crippen LogP contribution in [0, 0.1) is 6.92 Å². The SMILES string of the molecule is CNC(=O)[C@@H](C)N(Cc1ccccc1C)C(=O)CN(c1cccc(Cl)c1)S(=O)(=O)c1ccc(OC)cc1. The lowest BCUT2D eigenvalue weighted by molar-refractivity contribution is -0.139. The Kier molecular flexibility index (Phi) is 9.18. The van der Waals surface area contributed by atoms with E-state index >= 15 is 0 Å². The molecule has 1 N–H and O–H groups in total. The number of carbonyl (C=O) groups excluding carboxylic acids is 2. The van der Waals surface area contributed by atoms with E-state index in [1.54, 1.807) is 25.1 Å². The van der Waals surface area contributed by atoms with Crippen LogP contribution in [0.4, 0.5) is 5.69 Å². The summed E-state index contributed by atoms with van der Waals surface area (Å²) in [5.74, 6) is -0.418. The monoisotopic (exact) mass is 543 g/mol. The van der Waals surface area contributed by atoms with Gasteiger partial charge >= 0.3 is 0 Å². The standard InChI is InChI=1S/C27H30ClN3O5S/c1-19-8-5-6-9-21(19)17-30(20(2)27(33)29-3)26(32)18-31(23-11-7-10-22(28)16-23)37(34,35)25-14-12-24(36-4)13-15-25/h5-16,20H,17-18H2,1-4H3,(H,29,33)/t20-/m1/s1. The van der Waals surface area contributed by atoms with Crippen LogP contribution in [0.25, 0.3) is 0 Å². The summed E-state index contributed by atoms with van der Waals surface area (Å²) in [5.41, 5.74) is 2.01. The quantitative estimate of drug-likeness (QED) is 0.417. The highest BCUT2D eigenvalue weighted by atomic mass is 35.5. The number of anilines is 1. The fraction of sp³-hybridized carbons (Fsp3) is 0.259. The van der Waals surface area contributed by atoms with Crippen molar-refractivity contribution < 1.29 is 22.7 Å². The Morgan fingerprint density at radius 1 is 1.03 bits per heavy atom. The largest absolute Gasteiger partial charge is 0.497 e. The second kappa shape index (κ2) is 12.1. The zero-order valence-corrected chi connectivity index (χ0v) is 22.7. The maximum atomic E-state index is 13.8. The third-order valence-electron chi connectivity index (χ3n) is 6.04. The predicted molar refractivity (Wildman–Crippen MR) is 144 cm³/mol. The molecule has 3 rings (SSSR count). The Balaban J connectivity index is 2.04. The van der Waals surface area contributed by atoms with E-state index in [9.17, 15) is 18.0 Å². The number of hydrogen-bond acceptors (Lipinski definition) is 5. The van der Waals surface area contributed by atoms with Crippen LogP contribution in [-0.4, -0.2) is 51.9 Å². The number of ether oxygens (including phenoxy) is 1. The van der Waals surface area contributed by atoms with E-state index < -0.39 is 28.5 Å². The summed E-state index contributed by atoms with van der Waals surface area (Å²) in [6, 6.07) is 18.8. The molecule has 0 radical (unpaired) electrons. The van der Waals surface area contributed by atoms with Crippen molar-refractivity contribution in [3.8, 4) is 5.75 Å². The second-order valence-electron chi connectivity index (χ2n) is 8.41. The highest BCUT2D eigenvalue weighted by Crippen LogP contribution is 2.28. The molecule has 0 saturated heterocycles. The van der Waals surface area contributed by atoms with Crippen LogP contribution < -0.4 is 14.4 Å². The van der Waals surface area contributed by atoms with Crippen LogP contribution in [0.5, 0.6) is 5.75 Å². The zero-order chi connectivity index (χ0) is 27.2. The molecule has 0 saturated carbocycles. The molecule has 2 amide bonds. The first-order chi connectivity index (χ1) is 17.6. The van der Waals surface area contributed by atoms with Gasteiger partial charge in [-0.15, -0.1) is 0 Å². The molecule has 8 nitrogen and oxygen atoms in total. The van der Waals surface area contributed by atoms with E-state index in [0.717, 1.165) is 15.4 Å². The van der Waals surface area contributed by atoms with Crippen molar-refractivity contribution in [1.82, 2.24) is 10.2 Å². The lowest BCUT2D eigenvalue weighted by atomic mass is 10.1. The minimum Gasteiger partial charge on any atom is -0.497 e. The molecule has 196 valence electrons. The second-order valence-corrected chi connectivity index (χ2v) is 10.7. The number of halogens is 1. The number of nitrogens with zero attached hydrogens (tertiary/aromatic N) is 2. The summed E-state index contributed by atoms with van der Waals surface area (Å²) in [5, 5.41) is 2.88. The molecule has 0 bridgehead atoms. The Labute approximate surface area is 222 Å². The van der Waals surface area contributed by atoms with Crippen LogP contribution in [-0.2, 0) is 26.2 Å². The average molecular weight is 544 g/mol. The van der Waals surface area contributed by atoms with Crippen molar-refractivity contribution in [2.24, 2.45) is 0 Å². The molecule has 0 unspecified atom stereocenters. The first-order valence-corrected chi connectivity index (χ1v) is 13.4. The molecular weight excluding hydrogens is 514 g/mol. The lowest BCUT2D eigenvalue weighted by Crippen LogP contribution is -2.50. The number of aryl methyl sites for hydroxylation is 1. The third-order valence-corrected chi connectivity index (χ3v) is 8.06. The Morgan fingerprint density at radius 2 is 1.70 bits per heavy atom. The van der Waals surface area contributed by atoms with E-state index in [1.165, 1.54) is 49.4 Å². The number of sulfonamides is 1. The van der Waals surface area contributed by atoms with E-state index in [1.807, 2.05) is 31.2 Å². The molecule has 10 heteroatoms. The van der Waals surface area contributed by atoms with Gasteiger partial charge in [0.25, 0.3) is 10.0 Å². The van der Waals surface area contributed by atoms with Gasteiger partial charge in [-0.3, -0.25) is 13.9 Å². The van der Waals surface area contributed by atoms with Crippen LogP contribution in [0.15, 0.2) is 77.7 Å². The lowest BCUT2D eigenvalue weighted by Gasteiger charge is -2.32. The van der Waals surface area contributed by atoms with Crippen molar-refractivity contribution in [1.29, 1.82) is 0 Å². The summed E-state index contributed by atoms with van der Waals surface area (Å²) in [6.07, 6.45) is 0. The molecule has 37 heavy (non-hydrogen) atoms. The molecule has 0 fully saturated rings. The number of methoxy groups -OCH3 is 1. The van der Waals surface area contributed by atoms with Gasteiger partial charge in [0, 0.05) is 18.6 Å². The van der Waals surface area contributed by atoms with Gasteiger partial charge < -0.3 is 15.0 Å². The first-order valence-electron chi connectivity index (χ1n) is 11.6. The molecular formula is C27H30ClN3O5S. The number of rotatable bonds is 10. The normalized spacial score (nSPS) is 11.9. The van der Waals surface area contributed by atoms with Gasteiger partial charge in [-0.1, -0.05) is 41.9 Å². The maximum absolute atomic E-state index is 13.8. The van der Waals surface area contributed by atoms with Gasteiger partial charge in [0.2, 0.25) is 11.8 Å². The van der Waals surface area contributed by atoms with Gasteiger partial charge in [0.15, 0.2) is 0 Å². The van der Waals surface area contributed by atoms with Crippen LogP contribution in [0.2, 0.25) is 5.02 Å². The fourth-order valence-corrected chi connectivity index (χ4v) is 5.39. The molecule has 0 aliphatic carbocycles. The Morgan fingerprint density at radius 3 is 2.30 bits per heavy atom. The number of amides is 2. The van der Waals surface area contributed by atoms with Crippen LogP contribution in [0.1, 0.15) is 18.1 Å². The van der Waals surface area contributed by atoms with Gasteiger partial charge in [0.05, 0.1) is 17.7 Å². The number of likely N-dealkylation sites (N-methyl/N-ethyl adjacent to an activating group) is 1. The number of carbonyl (C=O) groups is 2. The minimum absolute atomic E-state index is 0.0223. The van der Waals surface area contributed by atoms with Crippen molar-refractivity contribution in [2.45, 2.75) is 31.3 Å². The molecule has 3 aromatic carbocycles. The minimum atomic E-state index is -4.19. The molecule has 3 aromatic rings. The number of hydrogen-bond donors (Lipinski definition) is 1. The van der Waals surface area contributed by atoms with Crippen molar-refractivity contribution in [3.63, 3.8) is 0 Å². The van der Waals surface area contributed by atoms with Crippen LogP contribution in [0.3, 0.4) is 0 Å². The van der Waals surface area contributed by atoms with Crippen molar-refractivity contribution >= 4 is 39.1 Å². The van der Waals surface area contributed by atoms with Gasteiger partial charge in [0.1, 0.15) is 18.3 Å². The van der Waals surface area contributed by atoms with Crippen molar-refractivity contribution in [3.05, 3.63) is 88.9 Å². The van der Waals surface area contributed by atoms with E-state index in [2.05, 4.69) is 5.32 Å². The highest BCUT2D eigenvalue weighted by molar-refractivity contribution is 7.92. The summed E-state index contributed by atoms with van der Waals surface area (Å²) in [4.78, 5) is 27.7. The van der Waals surface area contributed by atoms with Crippen molar-refractivity contribution in [2.75, 3.05) is 25.0 Å². The topological polar surface area (TPSA) is 96.0 Å². The molecule has 0 aliphatic rings. The fourth-order valence-electron chi connectivity index (χ4n) is 3.80. The van der Waals surface area contributed by atoms with Gasteiger partial charge in [-0.25, -0.2) is 8.42 Å². The van der Waals surface area contributed by atoms with E-state index in [0.29, 0.717) is 10.8 Å². The van der Waals surface area contributed by atoms with Gasteiger partial charge in [-0.05, 0) is 67.4 Å². The summed E-state index contributed by atoms with van der Waals surface area (Å²) in [6.45, 7) is 3.11. The first kappa shape index (κ1) is 28.0. The molecule has 0 aliphatic heterocycles. The molecule has 0 heterocycles. The molecule has 1 atom stereocenters. The summed E-state index contributed by atoms with van der Waals surface area (Å²) < 4.78 is 33.7. The Hall–Kier alpha value is -3.56.